The van der Waals surface area contributed by atoms with Gasteiger partial charge in [-0.05, 0) is 31.6 Å². The van der Waals surface area contributed by atoms with Gasteiger partial charge >= 0.3 is 5.97 Å². The average molecular weight is 292 g/mol. The smallest absolute Gasteiger partial charge is 0.325 e. The molecule has 7 heteroatoms. The second-order valence-electron chi connectivity index (χ2n) is 6.05. The number of hydrogen-bond acceptors (Lipinski definition) is 4. The number of aliphatic carboxylic acids is 1. The highest BCUT2D eigenvalue weighted by Gasteiger charge is 2.34. The number of carboxylic acid groups (broad SMARTS) is 1. The molecule has 2 bridgehead atoms. The molecule has 7 nitrogen and oxygen atoms in total. The first kappa shape index (κ1) is 14.1. The van der Waals surface area contributed by atoms with Gasteiger partial charge in [-0.3, -0.25) is 14.3 Å². The van der Waals surface area contributed by atoms with Gasteiger partial charge < -0.3 is 15.7 Å². The zero-order valence-electron chi connectivity index (χ0n) is 11.8. The number of carbonyl (C=O) groups is 2. The number of carboxylic acids is 1. The van der Waals surface area contributed by atoms with E-state index in [1.807, 2.05) is 0 Å². The molecule has 3 heterocycles. The van der Waals surface area contributed by atoms with E-state index in [4.69, 9.17) is 5.11 Å². The van der Waals surface area contributed by atoms with Crippen molar-refractivity contribution in [2.45, 2.75) is 50.7 Å². The Morgan fingerprint density at radius 1 is 1.38 bits per heavy atom. The van der Waals surface area contributed by atoms with Crippen LogP contribution >= 0.6 is 0 Å². The molecule has 2 aliphatic rings. The van der Waals surface area contributed by atoms with Crippen molar-refractivity contribution in [3.8, 4) is 0 Å². The molecule has 3 N–H and O–H groups in total. The quantitative estimate of drug-likeness (QED) is 0.747. The Morgan fingerprint density at radius 2 is 2.10 bits per heavy atom. The molecule has 1 aromatic heterocycles. The van der Waals surface area contributed by atoms with Gasteiger partial charge in [0, 0.05) is 24.7 Å². The van der Waals surface area contributed by atoms with Gasteiger partial charge in [0.25, 0.3) is 0 Å². The van der Waals surface area contributed by atoms with Gasteiger partial charge in [0.15, 0.2) is 0 Å². The van der Waals surface area contributed by atoms with Gasteiger partial charge in [-0.2, -0.15) is 5.10 Å². The molecular formula is C14H20N4O3. The van der Waals surface area contributed by atoms with E-state index in [1.54, 1.807) is 0 Å². The van der Waals surface area contributed by atoms with Crippen molar-refractivity contribution in [3.05, 3.63) is 12.4 Å². The average Bonchev–Trinajstić information content (AvgIpc) is 2.95. The Bertz CT molecular complexity index is 530. The standard InChI is InChI=1S/C14H20N4O3/c19-13(5-9-3-10-1-2-11(4-9)16-10)17-12-6-15-18(7-12)8-14(20)21/h6-7,9-11,16H,1-5,8H2,(H,17,19)(H,20,21). The topological polar surface area (TPSA) is 96.2 Å². The first-order valence-corrected chi connectivity index (χ1v) is 7.38. The molecule has 2 saturated heterocycles. The second kappa shape index (κ2) is 5.85. The minimum atomic E-state index is -0.957. The minimum absolute atomic E-state index is 0.0174. The summed E-state index contributed by atoms with van der Waals surface area (Å²) >= 11 is 0. The van der Waals surface area contributed by atoms with Crippen LogP contribution in [0.5, 0.6) is 0 Å². The van der Waals surface area contributed by atoms with Crippen molar-refractivity contribution < 1.29 is 14.7 Å². The van der Waals surface area contributed by atoms with Gasteiger partial charge in [0.2, 0.25) is 5.91 Å². The predicted octanol–water partition coefficient (Wildman–Crippen LogP) is 0.827. The van der Waals surface area contributed by atoms with Crippen molar-refractivity contribution >= 4 is 17.6 Å². The molecule has 0 radical (unpaired) electrons. The molecule has 114 valence electrons. The largest absolute Gasteiger partial charge is 0.480 e. The highest BCUT2D eigenvalue weighted by atomic mass is 16.4. The highest BCUT2D eigenvalue weighted by molar-refractivity contribution is 5.90. The zero-order chi connectivity index (χ0) is 14.8. The first-order valence-electron chi connectivity index (χ1n) is 7.38. The van der Waals surface area contributed by atoms with Gasteiger partial charge in [0.05, 0.1) is 11.9 Å². The third-order valence-electron chi connectivity index (χ3n) is 4.26. The number of piperidine rings is 1. The summed E-state index contributed by atoms with van der Waals surface area (Å²) in [6, 6.07) is 1.17. The van der Waals surface area contributed by atoms with E-state index in [0.29, 0.717) is 30.1 Å². The van der Waals surface area contributed by atoms with E-state index in [-0.39, 0.29) is 12.5 Å². The summed E-state index contributed by atoms with van der Waals surface area (Å²) in [4.78, 5) is 22.6. The highest BCUT2D eigenvalue weighted by Crippen LogP contribution is 2.32. The fraction of sp³-hybridized carbons (Fsp3) is 0.643. The SMILES string of the molecule is O=C(O)Cn1cc(NC(=O)CC2CC3CCC(C2)N3)cn1. The number of fused-ring (bicyclic) bond motifs is 2. The normalized spacial score (nSPS) is 27.5. The van der Waals surface area contributed by atoms with Gasteiger partial charge in [0.1, 0.15) is 6.54 Å². The monoisotopic (exact) mass is 292 g/mol. The first-order chi connectivity index (χ1) is 10.1. The molecule has 2 unspecified atom stereocenters. The maximum Gasteiger partial charge on any atom is 0.325 e. The Labute approximate surface area is 122 Å². The predicted molar refractivity (Wildman–Crippen MR) is 75.8 cm³/mol. The Hall–Kier alpha value is -1.89. The van der Waals surface area contributed by atoms with Crippen LogP contribution in [-0.2, 0) is 16.1 Å². The van der Waals surface area contributed by atoms with Gasteiger partial charge in [-0.1, -0.05) is 0 Å². The molecule has 3 rings (SSSR count). The third kappa shape index (κ3) is 3.60. The van der Waals surface area contributed by atoms with Crippen molar-refractivity contribution in [3.63, 3.8) is 0 Å². The zero-order valence-corrected chi connectivity index (χ0v) is 11.8. The summed E-state index contributed by atoms with van der Waals surface area (Å²) in [5.74, 6) is -0.532. The Kier molecular flexibility index (Phi) is 3.92. The lowest BCUT2D eigenvalue weighted by Crippen LogP contribution is -2.39. The van der Waals surface area contributed by atoms with Gasteiger partial charge in [-0.15, -0.1) is 0 Å². The molecule has 0 spiro atoms. The van der Waals surface area contributed by atoms with Crippen molar-refractivity contribution in [2.75, 3.05) is 5.32 Å². The van der Waals surface area contributed by atoms with Crippen LogP contribution in [0.3, 0.4) is 0 Å². The number of nitrogens with one attached hydrogen (secondary N) is 2. The van der Waals surface area contributed by atoms with Crippen LogP contribution in [-0.4, -0.2) is 38.8 Å². The molecule has 0 saturated carbocycles. The lowest BCUT2D eigenvalue weighted by molar-refractivity contribution is -0.137. The molecule has 0 aliphatic carbocycles. The maximum absolute atomic E-state index is 12.1. The fourth-order valence-corrected chi connectivity index (χ4v) is 3.47. The van der Waals surface area contributed by atoms with Crippen LogP contribution in [0.1, 0.15) is 32.1 Å². The van der Waals surface area contributed by atoms with Crippen LogP contribution in [0.2, 0.25) is 0 Å². The Morgan fingerprint density at radius 3 is 2.76 bits per heavy atom. The molecular weight excluding hydrogens is 272 g/mol. The summed E-state index contributed by atoms with van der Waals surface area (Å²) in [5, 5.41) is 18.9. The number of aromatic nitrogens is 2. The molecule has 2 fully saturated rings. The second-order valence-corrected chi connectivity index (χ2v) is 6.05. The lowest BCUT2D eigenvalue weighted by Gasteiger charge is -2.28. The number of carbonyl (C=O) groups excluding carboxylic acids is 1. The van der Waals surface area contributed by atoms with E-state index >= 15 is 0 Å². The van der Waals surface area contributed by atoms with Crippen LogP contribution in [0.25, 0.3) is 0 Å². The number of hydrogen-bond donors (Lipinski definition) is 3. The van der Waals surface area contributed by atoms with Crippen LogP contribution < -0.4 is 10.6 Å². The molecule has 0 aromatic carbocycles. The van der Waals surface area contributed by atoms with Crippen molar-refractivity contribution in [1.82, 2.24) is 15.1 Å². The van der Waals surface area contributed by atoms with E-state index in [9.17, 15) is 9.59 Å². The molecule has 21 heavy (non-hydrogen) atoms. The number of amides is 1. The number of nitrogens with zero attached hydrogens (tertiary/aromatic N) is 2. The van der Waals surface area contributed by atoms with E-state index in [2.05, 4.69) is 15.7 Å². The summed E-state index contributed by atoms with van der Waals surface area (Å²) in [6.45, 7) is -0.201. The third-order valence-corrected chi connectivity index (χ3v) is 4.26. The van der Waals surface area contributed by atoms with Crippen LogP contribution in [0.4, 0.5) is 5.69 Å². The van der Waals surface area contributed by atoms with E-state index in [1.165, 1.54) is 29.9 Å². The summed E-state index contributed by atoms with van der Waals surface area (Å²) in [7, 11) is 0. The maximum atomic E-state index is 12.1. The van der Waals surface area contributed by atoms with Crippen molar-refractivity contribution in [1.29, 1.82) is 0 Å². The molecule has 1 amide bonds. The van der Waals surface area contributed by atoms with Crippen LogP contribution in [0.15, 0.2) is 12.4 Å². The Balaban J connectivity index is 1.49. The van der Waals surface area contributed by atoms with Crippen molar-refractivity contribution in [2.24, 2.45) is 5.92 Å². The van der Waals surface area contributed by atoms with Crippen LogP contribution in [0, 0.1) is 5.92 Å². The molecule has 2 atom stereocenters. The lowest BCUT2D eigenvalue weighted by atomic mass is 9.89. The number of rotatable bonds is 5. The molecule has 2 aliphatic heterocycles. The molecule has 1 aromatic rings. The van der Waals surface area contributed by atoms with E-state index in [0.717, 1.165) is 12.8 Å². The summed E-state index contributed by atoms with van der Waals surface area (Å²) < 4.78 is 1.29. The number of anilines is 1. The summed E-state index contributed by atoms with van der Waals surface area (Å²) in [5.41, 5.74) is 0.554. The fourth-order valence-electron chi connectivity index (χ4n) is 3.47. The minimum Gasteiger partial charge on any atom is -0.480 e. The van der Waals surface area contributed by atoms with E-state index < -0.39 is 5.97 Å². The van der Waals surface area contributed by atoms with Gasteiger partial charge in [-0.25, -0.2) is 0 Å². The summed E-state index contributed by atoms with van der Waals surface area (Å²) in [6.07, 6.45) is 8.14.